The van der Waals surface area contributed by atoms with Gasteiger partial charge in [-0.2, -0.15) is 0 Å². The Morgan fingerprint density at radius 2 is 2.29 bits per heavy atom. The number of halogens is 1. The summed E-state index contributed by atoms with van der Waals surface area (Å²) in [4.78, 5) is 5.86. The van der Waals surface area contributed by atoms with Gasteiger partial charge in [-0.1, -0.05) is 0 Å². The minimum Gasteiger partial charge on any atom is -0.392 e. The van der Waals surface area contributed by atoms with Crippen LogP contribution in [-0.4, -0.2) is 36.4 Å². The Morgan fingerprint density at radius 1 is 1.59 bits per heavy atom. The van der Waals surface area contributed by atoms with Gasteiger partial charge in [0, 0.05) is 25.4 Å². The number of anilines is 1. The lowest BCUT2D eigenvalue weighted by Crippen LogP contribution is -2.37. The number of likely N-dealkylation sites (N-methyl/N-ethyl adjacent to an activating group) is 1. The molecule has 0 aliphatic heterocycles. The van der Waals surface area contributed by atoms with E-state index in [1.54, 1.807) is 7.11 Å². The van der Waals surface area contributed by atoms with Gasteiger partial charge in [0.25, 0.3) is 0 Å². The largest absolute Gasteiger partial charge is 0.392 e. The van der Waals surface area contributed by atoms with Crippen LogP contribution < -0.4 is 4.90 Å². The molecule has 0 saturated heterocycles. The number of ether oxygens (including phenoxy) is 1. The number of aliphatic hydroxyl groups excluding tert-OH is 1. The molecule has 5 heteroatoms. The number of rotatable bonds is 6. The van der Waals surface area contributed by atoms with Crippen molar-refractivity contribution in [3.8, 4) is 0 Å². The van der Waals surface area contributed by atoms with Crippen molar-refractivity contribution in [3.05, 3.63) is 23.6 Å². The molecule has 0 aliphatic rings. The molecule has 0 spiro atoms. The van der Waals surface area contributed by atoms with E-state index in [1.807, 2.05) is 18.7 Å². The second-order valence-electron chi connectivity index (χ2n) is 3.86. The van der Waals surface area contributed by atoms with Crippen LogP contribution in [0.1, 0.15) is 19.4 Å². The van der Waals surface area contributed by atoms with Gasteiger partial charge in [0.15, 0.2) is 11.6 Å². The Labute approximate surface area is 101 Å². The Morgan fingerprint density at radius 3 is 2.82 bits per heavy atom. The van der Waals surface area contributed by atoms with E-state index in [-0.39, 0.29) is 24.0 Å². The van der Waals surface area contributed by atoms with Crippen LogP contribution >= 0.6 is 0 Å². The van der Waals surface area contributed by atoms with Crippen molar-refractivity contribution in [3.63, 3.8) is 0 Å². The van der Waals surface area contributed by atoms with Crippen molar-refractivity contribution in [1.82, 2.24) is 4.98 Å². The number of aromatic nitrogens is 1. The molecule has 1 N–H and O–H groups in total. The first kappa shape index (κ1) is 13.9. The van der Waals surface area contributed by atoms with Crippen LogP contribution in [0.2, 0.25) is 0 Å². The predicted molar refractivity (Wildman–Crippen MR) is 64.5 cm³/mol. The van der Waals surface area contributed by atoms with Crippen molar-refractivity contribution in [1.29, 1.82) is 0 Å². The predicted octanol–water partition coefficient (Wildman–Crippen LogP) is 1.57. The molecule has 0 bridgehead atoms. The molecule has 1 rings (SSSR count). The number of nitrogens with zero attached hydrogens (tertiary/aromatic N) is 2. The van der Waals surface area contributed by atoms with Crippen molar-refractivity contribution in [2.45, 2.75) is 26.5 Å². The summed E-state index contributed by atoms with van der Waals surface area (Å²) < 4.78 is 19.1. The maximum atomic E-state index is 14.0. The van der Waals surface area contributed by atoms with Crippen molar-refractivity contribution >= 4 is 5.82 Å². The normalized spacial score (nSPS) is 12.5. The van der Waals surface area contributed by atoms with E-state index >= 15 is 0 Å². The molecule has 1 aromatic rings. The quantitative estimate of drug-likeness (QED) is 0.822. The molecule has 1 atom stereocenters. The molecule has 1 unspecified atom stereocenters. The topological polar surface area (TPSA) is 45.6 Å². The fraction of sp³-hybridized carbons (Fsp3) is 0.583. The summed E-state index contributed by atoms with van der Waals surface area (Å²) in [6.07, 6.45) is 1.51. The molecule has 96 valence electrons. The summed E-state index contributed by atoms with van der Waals surface area (Å²) in [6.45, 7) is 4.68. The molecule has 17 heavy (non-hydrogen) atoms. The van der Waals surface area contributed by atoms with Gasteiger partial charge < -0.3 is 14.7 Å². The molecule has 0 radical (unpaired) electrons. The second-order valence-corrected chi connectivity index (χ2v) is 3.86. The monoisotopic (exact) mass is 242 g/mol. The summed E-state index contributed by atoms with van der Waals surface area (Å²) in [7, 11) is 1.61. The SMILES string of the molecule is CCN(c1nccc(CO)c1F)C(C)COC. The second kappa shape index (κ2) is 6.51. The maximum Gasteiger partial charge on any atom is 0.171 e. The summed E-state index contributed by atoms with van der Waals surface area (Å²) in [6, 6.07) is 1.51. The number of methoxy groups -OCH3 is 1. The lowest BCUT2D eigenvalue weighted by molar-refractivity contribution is 0.181. The van der Waals surface area contributed by atoms with Gasteiger partial charge >= 0.3 is 0 Å². The molecule has 1 aromatic heterocycles. The van der Waals surface area contributed by atoms with E-state index in [0.717, 1.165) is 0 Å². The zero-order valence-electron chi connectivity index (χ0n) is 10.5. The van der Waals surface area contributed by atoms with Crippen molar-refractivity contribution < 1.29 is 14.2 Å². The fourth-order valence-corrected chi connectivity index (χ4v) is 1.80. The Hall–Kier alpha value is -1.20. The molecule has 0 saturated carbocycles. The molecule has 0 aliphatic carbocycles. The smallest absolute Gasteiger partial charge is 0.171 e. The molecular weight excluding hydrogens is 223 g/mol. The summed E-state index contributed by atoms with van der Waals surface area (Å²) in [5.74, 6) is -0.191. The third kappa shape index (κ3) is 3.14. The molecule has 0 amide bonds. The van der Waals surface area contributed by atoms with E-state index in [9.17, 15) is 4.39 Å². The van der Waals surface area contributed by atoms with Crippen molar-refractivity contribution in [2.75, 3.05) is 25.2 Å². The highest BCUT2D eigenvalue weighted by Gasteiger charge is 2.19. The van der Waals surface area contributed by atoms with Gasteiger partial charge in [-0.05, 0) is 19.9 Å². The molecule has 0 aromatic carbocycles. The average Bonchev–Trinajstić information content (AvgIpc) is 2.32. The van der Waals surface area contributed by atoms with Gasteiger partial charge in [-0.15, -0.1) is 0 Å². The Kier molecular flexibility index (Phi) is 5.31. The van der Waals surface area contributed by atoms with Crippen LogP contribution in [0.15, 0.2) is 12.3 Å². The van der Waals surface area contributed by atoms with Crippen LogP contribution in [-0.2, 0) is 11.3 Å². The molecule has 4 nitrogen and oxygen atoms in total. The van der Waals surface area contributed by atoms with Gasteiger partial charge in [0.2, 0.25) is 0 Å². The first-order valence-electron chi connectivity index (χ1n) is 5.65. The van der Waals surface area contributed by atoms with Crippen LogP contribution in [0.4, 0.5) is 10.2 Å². The number of hydrogen-bond donors (Lipinski definition) is 1. The minimum absolute atomic E-state index is 0.0287. The van der Waals surface area contributed by atoms with Crippen LogP contribution in [0.5, 0.6) is 0 Å². The fourth-order valence-electron chi connectivity index (χ4n) is 1.80. The van der Waals surface area contributed by atoms with E-state index in [1.165, 1.54) is 12.3 Å². The number of pyridine rings is 1. The van der Waals surface area contributed by atoms with E-state index in [4.69, 9.17) is 9.84 Å². The van der Waals surface area contributed by atoms with Crippen LogP contribution in [0.3, 0.4) is 0 Å². The van der Waals surface area contributed by atoms with Gasteiger partial charge in [0.05, 0.1) is 19.3 Å². The maximum absolute atomic E-state index is 14.0. The molecular formula is C12H19FN2O2. The van der Waals surface area contributed by atoms with Gasteiger partial charge in [0.1, 0.15) is 0 Å². The third-order valence-electron chi connectivity index (χ3n) is 2.67. The Bertz CT molecular complexity index is 360. The van der Waals surface area contributed by atoms with Crippen molar-refractivity contribution in [2.24, 2.45) is 0 Å². The number of aliphatic hydroxyl groups is 1. The Balaban J connectivity index is 3.03. The zero-order valence-corrected chi connectivity index (χ0v) is 10.5. The number of hydrogen-bond acceptors (Lipinski definition) is 4. The summed E-state index contributed by atoms with van der Waals surface area (Å²) in [5.41, 5.74) is 0.262. The first-order valence-corrected chi connectivity index (χ1v) is 5.65. The van der Waals surface area contributed by atoms with E-state index in [2.05, 4.69) is 4.98 Å². The van der Waals surface area contributed by atoms with Crippen LogP contribution in [0.25, 0.3) is 0 Å². The minimum atomic E-state index is -0.459. The highest BCUT2D eigenvalue weighted by Crippen LogP contribution is 2.21. The van der Waals surface area contributed by atoms with Crippen LogP contribution in [0, 0.1) is 5.82 Å². The third-order valence-corrected chi connectivity index (χ3v) is 2.67. The highest BCUT2D eigenvalue weighted by atomic mass is 19.1. The molecule has 1 heterocycles. The average molecular weight is 242 g/mol. The van der Waals surface area contributed by atoms with E-state index < -0.39 is 5.82 Å². The van der Waals surface area contributed by atoms with E-state index in [0.29, 0.717) is 13.2 Å². The summed E-state index contributed by atoms with van der Waals surface area (Å²) >= 11 is 0. The lowest BCUT2D eigenvalue weighted by Gasteiger charge is -2.29. The summed E-state index contributed by atoms with van der Waals surface area (Å²) in [5, 5.41) is 9.03. The zero-order chi connectivity index (χ0) is 12.8. The lowest BCUT2D eigenvalue weighted by atomic mass is 10.2. The molecule has 0 fully saturated rings. The standard InChI is InChI=1S/C12H19FN2O2/c1-4-15(9(2)8-17-3)12-11(13)10(7-16)5-6-14-12/h5-6,9,16H,4,7-8H2,1-3H3. The first-order chi connectivity index (χ1) is 8.15. The highest BCUT2D eigenvalue weighted by molar-refractivity contribution is 5.43. The van der Waals surface area contributed by atoms with Gasteiger partial charge in [-0.3, -0.25) is 0 Å². The van der Waals surface area contributed by atoms with Gasteiger partial charge in [-0.25, -0.2) is 9.37 Å².